The molecule has 1 atom stereocenters. The average Bonchev–Trinajstić information content (AvgIpc) is 2.70. The number of hydrogen-bond donors (Lipinski definition) is 1. The van der Waals surface area contributed by atoms with Crippen LogP contribution in [0.3, 0.4) is 0 Å². The second-order valence-electron chi connectivity index (χ2n) is 8.31. The van der Waals surface area contributed by atoms with Crippen LogP contribution in [-0.4, -0.2) is 29.3 Å². The van der Waals surface area contributed by atoms with Crippen molar-refractivity contribution in [2.45, 2.75) is 60.0 Å². The Balaban J connectivity index is 2.27. The van der Waals surface area contributed by atoms with Gasteiger partial charge in [-0.05, 0) is 60.6 Å². The molecule has 0 aliphatic rings. The lowest BCUT2D eigenvalue weighted by atomic mass is 10.0. The molecule has 1 unspecified atom stereocenters. The van der Waals surface area contributed by atoms with Gasteiger partial charge >= 0.3 is 0 Å². The number of carbonyl (C=O) groups excluding carboxylic acids is 2. The SMILES string of the molecule is CCC(C(=O)NCC(C)C)N(Cc1ccc(F)cc1)C(=O)Cc1ccc(C)c(C)c1. The van der Waals surface area contributed by atoms with E-state index in [-0.39, 0.29) is 30.6 Å². The minimum absolute atomic E-state index is 0.117. The number of carbonyl (C=O) groups is 2. The van der Waals surface area contributed by atoms with Gasteiger partial charge in [0.05, 0.1) is 6.42 Å². The predicted molar refractivity (Wildman–Crippen MR) is 118 cm³/mol. The van der Waals surface area contributed by atoms with E-state index in [2.05, 4.69) is 5.32 Å². The third-order valence-electron chi connectivity index (χ3n) is 5.26. The molecule has 0 aromatic heterocycles. The summed E-state index contributed by atoms with van der Waals surface area (Å²) < 4.78 is 13.3. The quantitative estimate of drug-likeness (QED) is 0.656. The maximum absolute atomic E-state index is 13.3. The van der Waals surface area contributed by atoms with Crippen LogP contribution in [0.25, 0.3) is 0 Å². The van der Waals surface area contributed by atoms with E-state index in [0.717, 1.165) is 16.7 Å². The van der Waals surface area contributed by atoms with E-state index in [1.807, 2.05) is 52.8 Å². The molecule has 0 saturated carbocycles. The minimum atomic E-state index is -0.576. The van der Waals surface area contributed by atoms with Crippen LogP contribution in [0, 0.1) is 25.6 Å². The van der Waals surface area contributed by atoms with Gasteiger partial charge in [0.1, 0.15) is 11.9 Å². The number of rotatable bonds is 9. The molecule has 0 radical (unpaired) electrons. The Kier molecular flexibility index (Phi) is 8.58. The Labute approximate surface area is 179 Å². The van der Waals surface area contributed by atoms with Crippen LogP contribution in [0.5, 0.6) is 0 Å². The lowest BCUT2D eigenvalue weighted by Crippen LogP contribution is -2.50. The Hall–Kier alpha value is -2.69. The van der Waals surface area contributed by atoms with Gasteiger partial charge in [0.2, 0.25) is 11.8 Å². The van der Waals surface area contributed by atoms with Crippen molar-refractivity contribution in [1.82, 2.24) is 10.2 Å². The van der Waals surface area contributed by atoms with E-state index < -0.39 is 6.04 Å². The summed E-state index contributed by atoms with van der Waals surface area (Å²) in [6.07, 6.45) is 0.722. The summed E-state index contributed by atoms with van der Waals surface area (Å²) in [5.41, 5.74) is 4.02. The number of benzene rings is 2. The lowest BCUT2D eigenvalue weighted by molar-refractivity contribution is -0.141. The van der Waals surface area contributed by atoms with Gasteiger partial charge < -0.3 is 10.2 Å². The van der Waals surface area contributed by atoms with Crippen LogP contribution in [0.15, 0.2) is 42.5 Å². The molecule has 1 N–H and O–H groups in total. The molecular formula is C25H33FN2O2. The Morgan fingerprint density at radius 1 is 1.00 bits per heavy atom. The first-order valence-corrected chi connectivity index (χ1v) is 10.6. The van der Waals surface area contributed by atoms with Gasteiger partial charge in [-0.15, -0.1) is 0 Å². The highest BCUT2D eigenvalue weighted by atomic mass is 19.1. The van der Waals surface area contributed by atoms with Crippen LogP contribution < -0.4 is 5.32 Å². The summed E-state index contributed by atoms with van der Waals surface area (Å²) in [6, 6.07) is 11.5. The smallest absolute Gasteiger partial charge is 0.242 e. The van der Waals surface area contributed by atoms with Gasteiger partial charge in [-0.2, -0.15) is 0 Å². The topological polar surface area (TPSA) is 49.4 Å². The molecule has 162 valence electrons. The first-order chi connectivity index (χ1) is 14.2. The molecule has 0 aliphatic carbocycles. The zero-order valence-corrected chi connectivity index (χ0v) is 18.7. The number of nitrogens with one attached hydrogen (secondary N) is 1. The summed E-state index contributed by atoms with van der Waals surface area (Å²) in [6.45, 7) is 10.8. The Morgan fingerprint density at radius 3 is 2.20 bits per heavy atom. The molecule has 2 rings (SSSR count). The second kappa shape index (κ2) is 10.9. The van der Waals surface area contributed by atoms with E-state index in [1.165, 1.54) is 17.7 Å². The van der Waals surface area contributed by atoms with Crippen LogP contribution in [-0.2, 0) is 22.6 Å². The number of nitrogens with zero attached hydrogens (tertiary/aromatic N) is 1. The third kappa shape index (κ3) is 6.68. The molecule has 0 spiro atoms. The third-order valence-corrected chi connectivity index (χ3v) is 5.26. The fourth-order valence-corrected chi connectivity index (χ4v) is 3.32. The molecule has 30 heavy (non-hydrogen) atoms. The predicted octanol–water partition coefficient (Wildman–Crippen LogP) is 4.56. The van der Waals surface area contributed by atoms with E-state index in [9.17, 15) is 14.0 Å². The molecule has 2 amide bonds. The molecule has 5 heteroatoms. The van der Waals surface area contributed by atoms with Crippen molar-refractivity contribution < 1.29 is 14.0 Å². The van der Waals surface area contributed by atoms with Crippen molar-refractivity contribution in [1.29, 1.82) is 0 Å². The van der Waals surface area contributed by atoms with Crippen molar-refractivity contribution >= 4 is 11.8 Å². The van der Waals surface area contributed by atoms with E-state index in [0.29, 0.717) is 18.9 Å². The maximum Gasteiger partial charge on any atom is 0.242 e. The van der Waals surface area contributed by atoms with Crippen molar-refractivity contribution in [3.8, 4) is 0 Å². The molecule has 0 saturated heterocycles. The summed E-state index contributed by atoms with van der Waals surface area (Å²) in [4.78, 5) is 27.8. The zero-order chi connectivity index (χ0) is 22.3. The molecule has 0 bridgehead atoms. The lowest BCUT2D eigenvalue weighted by Gasteiger charge is -2.31. The van der Waals surface area contributed by atoms with Gasteiger partial charge in [0, 0.05) is 13.1 Å². The second-order valence-corrected chi connectivity index (χ2v) is 8.31. The standard InChI is InChI=1S/C25H33FN2O2/c1-6-23(25(30)27-15-17(2)3)28(16-20-9-11-22(26)12-10-20)24(29)14-21-8-7-18(4)19(5)13-21/h7-13,17,23H,6,14-16H2,1-5H3,(H,27,30). The summed E-state index contributed by atoms with van der Waals surface area (Å²) in [7, 11) is 0. The van der Waals surface area contributed by atoms with E-state index >= 15 is 0 Å². The molecule has 0 heterocycles. The van der Waals surface area contributed by atoms with Gasteiger partial charge in [-0.3, -0.25) is 9.59 Å². The van der Waals surface area contributed by atoms with Crippen molar-refractivity contribution in [3.63, 3.8) is 0 Å². The normalized spacial score (nSPS) is 12.0. The molecule has 0 aliphatic heterocycles. The van der Waals surface area contributed by atoms with Gasteiger partial charge in [0.25, 0.3) is 0 Å². The highest BCUT2D eigenvalue weighted by molar-refractivity contribution is 5.88. The Morgan fingerprint density at radius 2 is 1.63 bits per heavy atom. The number of halogens is 1. The largest absolute Gasteiger partial charge is 0.354 e. The molecule has 2 aromatic carbocycles. The molecular weight excluding hydrogens is 379 g/mol. The van der Waals surface area contributed by atoms with Gasteiger partial charge in [-0.1, -0.05) is 51.1 Å². The molecule has 2 aromatic rings. The highest BCUT2D eigenvalue weighted by Crippen LogP contribution is 2.17. The number of amides is 2. The van der Waals surface area contributed by atoms with Crippen LogP contribution in [0.2, 0.25) is 0 Å². The summed E-state index contributed by atoms with van der Waals surface area (Å²) in [5.74, 6) is -0.271. The van der Waals surface area contributed by atoms with Crippen molar-refractivity contribution in [2.24, 2.45) is 5.92 Å². The van der Waals surface area contributed by atoms with Crippen LogP contribution in [0.1, 0.15) is 49.4 Å². The van der Waals surface area contributed by atoms with Crippen LogP contribution >= 0.6 is 0 Å². The fourth-order valence-electron chi connectivity index (χ4n) is 3.32. The van der Waals surface area contributed by atoms with E-state index in [1.54, 1.807) is 17.0 Å². The average molecular weight is 413 g/mol. The van der Waals surface area contributed by atoms with Gasteiger partial charge in [0.15, 0.2) is 0 Å². The number of aryl methyl sites for hydroxylation is 2. The fraction of sp³-hybridized carbons (Fsp3) is 0.440. The van der Waals surface area contributed by atoms with Crippen molar-refractivity contribution in [3.05, 3.63) is 70.5 Å². The monoisotopic (exact) mass is 412 g/mol. The zero-order valence-electron chi connectivity index (χ0n) is 18.7. The Bertz CT molecular complexity index is 862. The number of hydrogen-bond acceptors (Lipinski definition) is 2. The maximum atomic E-state index is 13.3. The summed E-state index contributed by atoms with van der Waals surface area (Å²) in [5, 5.41) is 2.95. The van der Waals surface area contributed by atoms with Crippen molar-refractivity contribution in [2.75, 3.05) is 6.54 Å². The molecule has 4 nitrogen and oxygen atoms in total. The molecule has 0 fully saturated rings. The van der Waals surface area contributed by atoms with Gasteiger partial charge in [-0.25, -0.2) is 4.39 Å². The van der Waals surface area contributed by atoms with E-state index in [4.69, 9.17) is 0 Å². The first-order valence-electron chi connectivity index (χ1n) is 10.6. The highest BCUT2D eigenvalue weighted by Gasteiger charge is 2.28. The first kappa shape index (κ1) is 23.6. The summed E-state index contributed by atoms with van der Waals surface area (Å²) >= 11 is 0. The van der Waals surface area contributed by atoms with Crippen LogP contribution in [0.4, 0.5) is 4.39 Å². The minimum Gasteiger partial charge on any atom is -0.354 e.